The van der Waals surface area contributed by atoms with E-state index in [1.54, 1.807) is 30.5 Å². The van der Waals surface area contributed by atoms with Gasteiger partial charge in [-0.2, -0.15) is 0 Å². The molecule has 2 aromatic carbocycles. The fourth-order valence-corrected chi connectivity index (χ4v) is 3.53. The third kappa shape index (κ3) is 4.04. The van der Waals surface area contributed by atoms with Gasteiger partial charge in [0.05, 0.1) is 21.9 Å². The lowest BCUT2D eigenvalue weighted by molar-refractivity contribution is 0.102. The Hall–Kier alpha value is -2.41. The van der Waals surface area contributed by atoms with E-state index >= 15 is 0 Å². The first-order chi connectivity index (χ1) is 13.5. The summed E-state index contributed by atoms with van der Waals surface area (Å²) in [5.41, 5.74) is 3.28. The van der Waals surface area contributed by atoms with E-state index in [0.717, 1.165) is 15.7 Å². The van der Waals surface area contributed by atoms with Crippen LogP contribution in [0.5, 0.6) is 0 Å². The molecule has 2 heterocycles. The van der Waals surface area contributed by atoms with Gasteiger partial charge in [-0.1, -0.05) is 45.2 Å². The number of aliphatic imine (C=N–C) groups is 1. The highest BCUT2D eigenvalue weighted by Crippen LogP contribution is 2.34. The Kier molecular flexibility index (Phi) is 5.35. The molecule has 0 radical (unpaired) electrons. The van der Waals surface area contributed by atoms with Crippen molar-refractivity contribution in [2.75, 3.05) is 10.6 Å². The van der Waals surface area contributed by atoms with Gasteiger partial charge in [0.2, 0.25) is 0 Å². The standard InChI is InChI=1S/C20H13BrCl2N4O/c21-12-4-6-13(7-5-12)25-20(28)16-8-11-9-18(26-17(11)10-24-16)27-19-14(22)2-1-3-15(19)23/h1-8,10H,9H2,(H,25,28)(H,26,27). The highest BCUT2D eigenvalue weighted by molar-refractivity contribution is 9.10. The molecule has 0 unspecified atom stereocenters. The Balaban J connectivity index is 1.53. The second-order valence-corrected chi connectivity index (χ2v) is 7.85. The zero-order chi connectivity index (χ0) is 19.7. The normalized spacial score (nSPS) is 13.9. The van der Waals surface area contributed by atoms with Crippen molar-refractivity contribution in [3.05, 3.63) is 80.5 Å². The molecular weight excluding hydrogens is 463 g/mol. The number of carbonyl (C=O) groups excluding carboxylic acids is 1. The fourth-order valence-electron chi connectivity index (χ4n) is 2.79. The largest absolute Gasteiger partial charge is 0.342 e. The van der Waals surface area contributed by atoms with Crippen LogP contribution >= 0.6 is 39.1 Å². The molecule has 1 aliphatic rings. The number of rotatable bonds is 3. The molecule has 8 heteroatoms. The van der Waals surface area contributed by atoms with E-state index in [4.69, 9.17) is 23.2 Å². The van der Waals surface area contributed by atoms with Gasteiger partial charge in [0.15, 0.2) is 0 Å². The summed E-state index contributed by atoms with van der Waals surface area (Å²) in [6, 6.07) is 14.3. The molecular formula is C20H13BrCl2N4O. The van der Waals surface area contributed by atoms with Crippen LogP contribution in [0.15, 0.2) is 64.2 Å². The Morgan fingerprint density at radius 1 is 1.14 bits per heavy atom. The van der Waals surface area contributed by atoms with Crippen LogP contribution in [0, 0.1) is 0 Å². The fraction of sp³-hybridized carbons (Fsp3) is 0.0500. The Morgan fingerprint density at radius 3 is 2.57 bits per heavy atom. The van der Waals surface area contributed by atoms with E-state index in [0.29, 0.717) is 39.4 Å². The van der Waals surface area contributed by atoms with Gasteiger partial charge in [0.1, 0.15) is 17.2 Å². The van der Waals surface area contributed by atoms with Crippen molar-refractivity contribution in [2.24, 2.45) is 4.99 Å². The Morgan fingerprint density at radius 2 is 1.86 bits per heavy atom. The molecule has 1 aliphatic heterocycles. The van der Waals surface area contributed by atoms with Gasteiger partial charge in [-0.3, -0.25) is 4.79 Å². The van der Waals surface area contributed by atoms with Gasteiger partial charge in [-0.25, -0.2) is 9.98 Å². The maximum atomic E-state index is 12.5. The van der Waals surface area contributed by atoms with Crippen LogP contribution in [0.4, 0.5) is 17.1 Å². The monoisotopic (exact) mass is 474 g/mol. The summed E-state index contributed by atoms with van der Waals surface area (Å²) in [5, 5.41) is 6.98. The average molecular weight is 476 g/mol. The van der Waals surface area contributed by atoms with Gasteiger partial charge in [-0.05, 0) is 48.0 Å². The summed E-state index contributed by atoms with van der Waals surface area (Å²) < 4.78 is 0.942. The highest BCUT2D eigenvalue weighted by atomic mass is 79.9. The molecule has 0 bridgehead atoms. The number of aromatic nitrogens is 1. The number of amides is 1. The number of hydrogen-bond donors (Lipinski definition) is 2. The maximum absolute atomic E-state index is 12.5. The van der Waals surface area contributed by atoms with Crippen LogP contribution in [-0.4, -0.2) is 16.7 Å². The van der Waals surface area contributed by atoms with E-state index in [2.05, 4.69) is 36.5 Å². The molecule has 28 heavy (non-hydrogen) atoms. The highest BCUT2D eigenvalue weighted by Gasteiger charge is 2.20. The molecule has 1 aromatic heterocycles. The molecule has 0 atom stereocenters. The maximum Gasteiger partial charge on any atom is 0.274 e. The second-order valence-electron chi connectivity index (χ2n) is 6.12. The molecule has 4 rings (SSSR count). The van der Waals surface area contributed by atoms with Crippen LogP contribution in [0.25, 0.3) is 0 Å². The number of nitrogens with one attached hydrogen (secondary N) is 2. The third-order valence-electron chi connectivity index (χ3n) is 4.15. The van der Waals surface area contributed by atoms with Crippen molar-refractivity contribution in [1.82, 2.24) is 4.98 Å². The number of pyridine rings is 1. The average Bonchev–Trinajstić information content (AvgIpc) is 3.08. The summed E-state index contributed by atoms with van der Waals surface area (Å²) >= 11 is 15.7. The molecule has 0 saturated carbocycles. The SMILES string of the molecule is O=C(Nc1ccc(Br)cc1)c1cc2c(cn1)NC(=Nc1c(Cl)cccc1Cl)C2. The van der Waals surface area contributed by atoms with Crippen molar-refractivity contribution in [2.45, 2.75) is 6.42 Å². The minimum absolute atomic E-state index is 0.273. The Bertz CT molecular complexity index is 1080. The minimum atomic E-state index is -0.273. The summed E-state index contributed by atoms with van der Waals surface area (Å²) in [6.45, 7) is 0. The van der Waals surface area contributed by atoms with E-state index in [9.17, 15) is 4.79 Å². The smallest absolute Gasteiger partial charge is 0.274 e. The summed E-state index contributed by atoms with van der Waals surface area (Å²) in [4.78, 5) is 21.3. The molecule has 1 amide bonds. The van der Waals surface area contributed by atoms with Crippen molar-refractivity contribution in [3.8, 4) is 0 Å². The van der Waals surface area contributed by atoms with Crippen molar-refractivity contribution in [1.29, 1.82) is 0 Å². The summed E-state index contributed by atoms with van der Waals surface area (Å²) in [7, 11) is 0. The first-order valence-corrected chi connectivity index (χ1v) is 9.89. The number of carbonyl (C=O) groups is 1. The number of amidine groups is 1. The lowest BCUT2D eigenvalue weighted by Gasteiger charge is -2.06. The van der Waals surface area contributed by atoms with Gasteiger partial charge >= 0.3 is 0 Å². The predicted octanol–water partition coefficient (Wildman–Crippen LogP) is 6.10. The van der Waals surface area contributed by atoms with Crippen LogP contribution in [0.1, 0.15) is 16.1 Å². The van der Waals surface area contributed by atoms with Gasteiger partial charge in [0.25, 0.3) is 5.91 Å². The molecule has 0 aliphatic carbocycles. The number of para-hydroxylation sites is 1. The van der Waals surface area contributed by atoms with Gasteiger partial charge in [0, 0.05) is 16.6 Å². The van der Waals surface area contributed by atoms with Crippen LogP contribution < -0.4 is 10.6 Å². The molecule has 0 spiro atoms. The summed E-state index contributed by atoms with van der Waals surface area (Å²) in [5.74, 6) is 0.418. The second kappa shape index (κ2) is 7.91. The number of benzene rings is 2. The lowest BCUT2D eigenvalue weighted by Crippen LogP contribution is -2.13. The van der Waals surface area contributed by atoms with Gasteiger partial charge in [-0.15, -0.1) is 0 Å². The van der Waals surface area contributed by atoms with Crippen LogP contribution in [-0.2, 0) is 6.42 Å². The lowest BCUT2D eigenvalue weighted by atomic mass is 10.1. The molecule has 0 fully saturated rings. The van der Waals surface area contributed by atoms with E-state index < -0.39 is 0 Å². The quantitative estimate of drug-likeness (QED) is 0.480. The van der Waals surface area contributed by atoms with Crippen LogP contribution in [0.2, 0.25) is 10.0 Å². The van der Waals surface area contributed by atoms with E-state index in [-0.39, 0.29) is 5.91 Å². The molecule has 5 nitrogen and oxygen atoms in total. The topological polar surface area (TPSA) is 66.4 Å². The Labute approximate surface area is 179 Å². The van der Waals surface area contributed by atoms with Crippen molar-refractivity contribution >= 4 is 67.9 Å². The number of hydrogen-bond acceptors (Lipinski definition) is 3. The molecule has 3 aromatic rings. The number of fused-ring (bicyclic) bond motifs is 1. The van der Waals surface area contributed by atoms with Crippen molar-refractivity contribution in [3.63, 3.8) is 0 Å². The van der Waals surface area contributed by atoms with E-state index in [1.807, 2.05) is 24.3 Å². The zero-order valence-electron chi connectivity index (χ0n) is 14.3. The number of nitrogens with zero attached hydrogens (tertiary/aromatic N) is 2. The molecule has 2 N–H and O–H groups in total. The minimum Gasteiger partial charge on any atom is -0.342 e. The summed E-state index contributed by atoms with van der Waals surface area (Å²) in [6.07, 6.45) is 2.15. The van der Waals surface area contributed by atoms with Crippen molar-refractivity contribution < 1.29 is 4.79 Å². The predicted molar refractivity (Wildman–Crippen MR) is 117 cm³/mol. The number of halogens is 3. The first kappa shape index (κ1) is 18.9. The van der Waals surface area contributed by atoms with E-state index in [1.165, 1.54) is 0 Å². The third-order valence-corrected chi connectivity index (χ3v) is 5.28. The zero-order valence-corrected chi connectivity index (χ0v) is 17.4. The molecule has 140 valence electrons. The molecule has 0 saturated heterocycles. The van der Waals surface area contributed by atoms with Crippen LogP contribution in [0.3, 0.4) is 0 Å². The van der Waals surface area contributed by atoms with Gasteiger partial charge < -0.3 is 10.6 Å². The first-order valence-electron chi connectivity index (χ1n) is 8.34. The number of anilines is 2.